The number of hydrogen-bond acceptors (Lipinski definition) is 6. The molecule has 18 heavy (non-hydrogen) atoms. The molecule has 2 aromatic heterocycles. The van der Waals surface area contributed by atoms with Crippen molar-refractivity contribution >= 4 is 11.9 Å². The van der Waals surface area contributed by atoms with Gasteiger partial charge in [-0.1, -0.05) is 0 Å². The Morgan fingerprint density at radius 3 is 2.89 bits per heavy atom. The van der Waals surface area contributed by atoms with Crippen LogP contribution in [0.1, 0.15) is 10.5 Å². The van der Waals surface area contributed by atoms with E-state index >= 15 is 0 Å². The van der Waals surface area contributed by atoms with Gasteiger partial charge in [0.2, 0.25) is 5.95 Å². The zero-order valence-corrected chi connectivity index (χ0v) is 9.67. The van der Waals surface area contributed by atoms with Crippen LogP contribution < -0.4 is 15.6 Å². The number of anilines is 1. The summed E-state index contributed by atoms with van der Waals surface area (Å²) in [5.74, 6) is -0.378. The van der Waals surface area contributed by atoms with Crippen molar-refractivity contribution in [3.05, 3.63) is 28.2 Å². The summed E-state index contributed by atoms with van der Waals surface area (Å²) in [6.45, 7) is 0. The van der Waals surface area contributed by atoms with E-state index in [0.717, 1.165) is 4.68 Å². The minimum atomic E-state index is -0.510. The fourth-order valence-corrected chi connectivity index (χ4v) is 1.19. The Kier molecular flexibility index (Phi) is 3.04. The first-order chi connectivity index (χ1) is 8.60. The molecule has 0 aromatic carbocycles. The molecule has 0 unspecified atom stereocenters. The number of nitrogens with zero attached hydrogens (tertiary/aromatic N) is 4. The van der Waals surface area contributed by atoms with Crippen LogP contribution in [-0.2, 0) is 7.05 Å². The van der Waals surface area contributed by atoms with Crippen LogP contribution in [0.25, 0.3) is 0 Å². The molecular formula is C9H10N6O3. The largest absolute Gasteiger partial charge is 0.466 e. The monoisotopic (exact) mass is 250 g/mol. The number of carbonyl (C=O) groups is 1. The smallest absolute Gasteiger partial charge is 0.336 e. The summed E-state index contributed by atoms with van der Waals surface area (Å²) in [5.41, 5.74) is -0.208. The topological polar surface area (TPSA) is 115 Å². The molecule has 1 amide bonds. The number of aromatic amines is 1. The van der Waals surface area contributed by atoms with E-state index in [4.69, 9.17) is 4.74 Å². The normalized spacial score (nSPS) is 10.1. The van der Waals surface area contributed by atoms with Crippen molar-refractivity contribution in [2.24, 2.45) is 7.05 Å². The van der Waals surface area contributed by atoms with E-state index in [-0.39, 0.29) is 23.2 Å². The Morgan fingerprint density at radius 1 is 1.50 bits per heavy atom. The number of H-pyrrole nitrogens is 1. The van der Waals surface area contributed by atoms with Crippen LogP contribution in [0.4, 0.5) is 5.95 Å². The van der Waals surface area contributed by atoms with E-state index in [1.165, 1.54) is 26.3 Å². The van der Waals surface area contributed by atoms with Gasteiger partial charge in [0.15, 0.2) is 0 Å². The molecule has 0 bridgehead atoms. The number of carbonyl (C=O) groups excluding carboxylic acids is 1. The van der Waals surface area contributed by atoms with E-state index in [2.05, 4.69) is 25.6 Å². The Balaban J connectivity index is 2.16. The van der Waals surface area contributed by atoms with Crippen LogP contribution >= 0.6 is 0 Å². The summed E-state index contributed by atoms with van der Waals surface area (Å²) in [4.78, 5) is 26.7. The Morgan fingerprint density at radius 2 is 2.28 bits per heavy atom. The first kappa shape index (κ1) is 11.8. The molecule has 0 aliphatic rings. The standard InChI is InChI=1S/C9H10N6O3/c1-15-6(16)4-3-5(14-15)7(17)10-8-11-9(18-2)13-12-8/h3-4H,1-2H3,(H2,10,11,12,13,17). The minimum absolute atomic E-state index is 0.0902. The predicted molar refractivity (Wildman–Crippen MR) is 60.4 cm³/mol. The summed E-state index contributed by atoms with van der Waals surface area (Å²) in [5, 5.41) is 12.4. The lowest BCUT2D eigenvalue weighted by Crippen LogP contribution is -2.23. The number of aromatic nitrogens is 5. The van der Waals surface area contributed by atoms with Gasteiger partial charge in [-0.2, -0.15) is 10.1 Å². The molecule has 0 fully saturated rings. The summed E-state index contributed by atoms with van der Waals surface area (Å²) in [6, 6.07) is 2.69. The molecule has 0 radical (unpaired) electrons. The molecule has 2 rings (SSSR count). The fraction of sp³-hybridized carbons (Fsp3) is 0.222. The average Bonchev–Trinajstić information content (AvgIpc) is 2.80. The third-order valence-electron chi connectivity index (χ3n) is 2.07. The van der Waals surface area contributed by atoms with Crippen molar-refractivity contribution in [1.29, 1.82) is 0 Å². The van der Waals surface area contributed by atoms with Crippen LogP contribution in [0.5, 0.6) is 6.01 Å². The SMILES string of the molecule is COc1n[nH]c(NC(=O)c2ccc(=O)n(C)n2)n1. The van der Waals surface area contributed by atoms with Gasteiger partial charge in [-0.25, -0.2) is 9.78 Å². The number of nitrogens with one attached hydrogen (secondary N) is 2. The van der Waals surface area contributed by atoms with Crippen molar-refractivity contribution in [2.75, 3.05) is 12.4 Å². The lowest BCUT2D eigenvalue weighted by Gasteiger charge is -2.01. The molecule has 0 aliphatic heterocycles. The molecule has 0 saturated heterocycles. The predicted octanol–water partition coefficient (Wildman–Crippen LogP) is -0.841. The van der Waals surface area contributed by atoms with Gasteiger partial charge in [-0.05, 0) is 6.07 Å². The molecule has 94 valence electrons. The van der Waals surface area contributed by atoms with Gasteiger partial charge in [0.25, 0.3) is 11.5 Å². The van der Waals surface area contributed by atoms with Crippen molar-refractivity contribution in [2.45, 2.75) is 0 Å². The highest BCUT2D eigenvalue weighted by Gasteiger charge is 2.11. The molecule has 2 heterocycles. The van der Waals surface area contributed by atoms with Crippen molar-refractivity contribution < 1.29 is 9.53 Å². The van der Waals surface area contributed by atoms with Gasteiger partial charge in [0.05, 0.1) is 7.11 Å². The zero-order chi connectivity index (χ0) is 13.1. The van der Waals surface area contributed by atoms with E-state index in [1.807, 2.05) is 0 Å². The van der Waals surface area contributed by atoms with Gasteiger partial charge >= 0.3 is 6.01 Å². The second-order valence-electron chi connectivity index (χ2n) is 3.31. The van der Waals surface area contributed by atoms with Crippen LogP contribution in [0.15, 0.2) is 16.9 Å². The van der Waals surface area contributed by atoms with Crippen LogP contribution in [0, 0.1) is 0 Å². The van der Waals surface area contributed by atoms with Gasteiger partial charge in [0, 0.05) is 13.1 Å². The highest BCUT2D eigenvalue weighted by Crippen LogP contribution is 2.05. The zero-order valence-electron chi connectivity index (χ0n) is 9.67. The van der Waals surface area contributed by atoms with Crippen molar-refractivity contribution in [1.82, 2.24) is 25.0 Å². The van der Waals surface area contributed by atoms with Gasteiger partial charge in [-0.3, -0.25) is 14.9 Å². The average molecular weight is 250 g/mol. The van der Waals surface area contributed by atoms with Crippen molar-refractivity contribution in [3.63, 3.8) is 0 Å². The Labute approximate surface area is 101 Å². The quantitative estimate of drug-likeness (QED) is 0.733. The van der Waals surface area contributed by atoms with Crippen molar-refractivity contribution in [3.8, 4) is 6.01 Å². The van der Waals surface area contributed by atoms with Gasteiger partial charge < -0.3 is 4.74 Å². The molecule has 2 aromatic rings. The molecule has 0 saturated carbocycles. The first-order valence-corrected chi connectivity index (χ1v) is 4.92. The number of methoxy groups -OCH3 is 1. The summed E-state index contributed by atoms with van der Waals surface area (Å²) >= 11 is 0. The second-order valence-corrected chi connectivity index (χ2v) is 3.31. The number of hydrogen-bond donors (Lipinski definition) is 2. The summed E-state index contributed by atoms with van der Waals surface area (Å²) in [6.07, 6.45) is 0. The van der Waals surface area contributed by atoms with E-state index in [0.29, 0.717) is 0 Å². The molecule has 0 atom stereocenters. The highest BCUT2D eigenvalue weighted by atomic mass is 16.5. The lowest BCUT2D eigenvalue weighted by atomic mass is 10.4. The van der Waals surface area contributed by atoms with Crippen LogP contribution in [-0.4, -0.2) is 38.0 Å². The Hall–Kier alpha value is -2.71. The third-order valence-corrected chi connectivity index (χ3v) is 2.07. The molecule has 2 N–H and O–H groups in total. The summed E-state index contributed by atoms with van der Waals surface area (Å²) in [7, 11) is 2.86. The molecule has 0 aliphatic carbocycles. The van der Waals surface area contributed by atoms with E-state index in [9.17, 15) is 9.59 Å². The molecular weight excluding hydrogens is 240 g/mol. The maximum atomic E-state index is 11.8. The number of aryl methyl sites for hydroxylation is 1. The maximum Gasteiger partial charge on any atom is 0.336 e. The third kappa shape index (κ3) is 2.34. The highest BCUT2D eigenvalue weighted by molar-refractivity contribution is 6.01. The lowest BCUT2D eigenvalue weighted by molar-refractivity contribution is 0.101. The van der Waals surface area contributed by atoms with Gasteiger partial charge in [-0.15, -0.1) is 5.10 Å². The van der Waals surface area contributed by atoms with E-state index < -0.39 is 5.91 Å². The number of ether oxygens (including phenoxy) is 1. The van der Waals surface area contributed by atoms with E-state index in [1.54, 1.807) is 0 Å². The fourth-order valence-electron chi connectivity index (χ4n) is 1.19. The molecule has 9 nitrogen and oxygen atoms in total. The molecule has 9 heteroatoms. The first-order valence-electron chi connectivity index (χ1n) is 4.92. The van der Waals surface area contributed by atoms with Gasteiger partial charge in [0.1, 0.15) is 5.69 Å². The summed E-state index contributed by atoms with van der Waals surface area (Å²) < 4.78 is 5.82. The number of amides is 1. The second kappa shape index (κ2) is 4.65. The van der Waals surface area contributed by atoms with Crippen LogP contribution in [0.3, 0.4) is 0 Å². The van der Waals surface area contributed by atoms with Crippen LogP contribution in [0.2, 0.25) is 0 Å². The molecule has 0 spiro atoms. The Bertz CT molecular complexity index is 631. The minimum Gasteiger partial charge on any atom is -0.466 e. The number of rotatable bonds is 3. The maximum absolute atomic E-state index is 11.8.